The molecule has 2 fully saturated rings. The van der Waals surface area contributed by atoms with Crippen molar-refractivity contribution in [3.05, 3.63) is 58.1 Å². The van der Waals surface area contributed by atoms with E-state index in [1.807, 2.05) is 4.90 Å². The summed E-state index contributed by atoms with van der Waals surface area (Å²) in [4.78, 5) is 17.4. The smallest absolute Gasteiger partial charge is 0.417 e. The predicted molar refractivity (Wildman–Crippen MR) is 116 cm³/mol. The van der Waals surface area contributed by atoms with Gasteiger partial charge < -0.3 is 15.4 Å². The molecule has 0 aromatic heterocycles. The average molecular weight is 468 g/mol. The third kappa shape index (κ3) is 5.19. The van der Waals surface area contributed by atoms with E-state index < -0.39 is 16.8 Å². The molecule has 1 aliphatic carbocycles. The molecule has 1 saturated carbocycles. The first-order valence-corrected chi connectivity index (χ1v) is 11.0. The van der Waals surface area contributed by atoms with Gasteiger partial charge in [0.2, 0.25) is 0 Å². The molecule has 0 bridgehead atoms. The third-order valence-corrected chi connectivity index (χ3v) is 6.21. The number of halogens is 4. The number of nitrogens with two attached hydrogens (primary N) is 1. The summed E-state index contributed by atoms with van der Waals surface area (Å²) >= 11 is 5.67. The van der Waals surface area contributed by atoms with Crippen LogP contribution >= 0.6 is 11.6 Å². The fourth-order valence-electron chi connectivity index (χ4n) is 4.01. The highest BCUT2D eigenvalue weighted by Gasteiger charge is 2.34. The number of rotatable bonds is 5. The van der Waals surface area contributed by atoms with Gasteiger partial charge in [-0.2, -0.15) is 13.2 Å². The Kier molecular flexibility index (Phi) is 6.65. The van der Waals surface area contributed by atoms with E-state index in [1.165, 1.54) is 18.9 Å². The van der Waals surface area contributed by atoms with Gasteiger partial charge in [0.25, 0.3) is 5.91 Å². The fourth-order valence-corrected chi connectivity index (χ4v) is 4.24. The van der Waals surface area contributed by atoms with E-state index in [0.29, 0.717) is 36.0 Å². The molecular weight excluding hydrogens is 443 g/mol. The van der Waals surface area contributed by atoms with Gasteiger partial charge in [-0.15, -0.1) is 0 Å². The van der Waals surface area contributed by atoms with Gasteiger partial charge in [0.15, 0.2) is 0 Å². The Labute approximate surface area is 189 Å². The number of carbonyl (C=O) groups is 1. The van der Waals surface area contributed by atoms with Crippen LogP contribution in [0.15, 0.2) is 36.4 Å². The monoisotopic (exact) mass is 467 g/mol. The standard InChI is InChI=1S/C23H25ClF3N3O2/c24-20-6-5-18(13-19(20)23(25,26)27)32-21-7-2-15(12-16(21)14-28)22(31)30-9-1-8-29(10-11-30)17-3-4-17/h2,5-7,12-13,17H,1,3-4,8-11,14,28H2. The van der Waals surface area contributed by atoms with E-state index in [9.17, 15) is 18.0 Å². The second-order valence-corrected chi connectivity index (χ2v) is 8.59. The Morgan fingerprint density at radius 2 is 1.88 bits per heavy atom. The van der Waals surface area contributed by atoms with Crippen LogP contribution in [0.4, 0.5) is 13.2 Å². The second kappa shape index (κ2) is 9.29. The van der Waals surface area contributed by atoms with Gasteiger partial charge in [0.1, 0.15) is 11.5 Å². The van der Waals surface area contributed by atoms with Gasteiger partial charge in [0, 0.05) is 49.9 Å². The molecule has 5 nitrogen and oxygen atoms in total. The first-order valence-electron chi connectivity index (χ1n) is 10.7. The number of ether oxygens (including phenoxy) is 1. The van der Waals surface area contributed by atoms with Crippen LogP contribution in [0.1, 0.15) is 40.7 Å². The molecule has 1 aliphatic heterocycles. The quantitative estimate of drug-likeness (QED) is 0.678. The van der Waals surface area contributed by atoms with Gasteiger partial charge in [-0.25, -0.2) is 0 Å². The Bertz CT molecular complexity index is 995. The molecule has 2 aromatic carbocycles. The lowest BCUT2D eigenvalue weighted by Gasteiger charge is -2.22. The van der Waals surface area contributed by atoms with E-state index >= 15 is 0 Å². The lowest BCUT2D eigenvalue weighted by molar-refractivity contribution is -0.137. The summed E-state index contributed by atoms with van der Waals surface area (Å²) < 4.78 is 45.0. The zero-order chi connectivity index (χ0) is 22.9. The molecule has 2 N–H and O–H groups in total. The van der Waals surface area contributed by atoms with Gasteiger partial charge in [-0.3, -0.25) is 9.69 Å². The van der Waals surface area contributed by atoms with Gasteiger partial charge in [-0.1, -0.05) is 11.6 Å². The SMILES string of the molecule is NCc1cc(C(=O)N2CCCN(C3CC3)CC2)ccc1Oc1ccc(Cl)c(C(F)(F)F)c1. The summed E-state index contributed by atoms with van der Waals surface area (Å²) in [5.41, 5.74) is 5.90. The minimum Gasteiger partial charge on any atom is -0.457 e. The normalized spacial score (nSPS) is 17.8. The molecular formula is C23H25ClF3N3O2. The molecule has 0 radical (unpaired) electrons. The van der Waals surface area contributed by atoms with Crippen molar-refractivity contribution in [1.82, 2.24) is 9.80 Å². The number of benzene rings is 2. The molecule has 4 rings (SSSR count). The number of hydrogen-bond donors (Lipinski definition) is 1. The summed E-state index contributed by atoms with van der Waals surface area (Å²) in [6.07, 6.45) is -1.17. The summed E-state index contributed by atoms with van der Waals surface area (Å²) in [5.74, 6) is 0.216. The second-order valence-electron chi connectivity index (χ2n) is 8.18. The lowest BCUT2D eigenvalue weighted by atomic mass is 10.1. The highest BCUT2D eigenvalue weighted by Crippen LogP contribution is 2.38. The average Bonchev–Trinajstić information content (AvgIpc) is 3.60. The van der Waals surface area contributed by atoms with Crippen molar-refractivity contribution in [2.75, 3.05) is 26.2 Å². The van der Waals surface area contributed by atoms with Crippen LogP contribution in [0.5, 0.6) is 11.5 Å². The first kappa shape index (κ1) is 22.9. The molecule has 0 unspecified atom stereocenters. The molecule has 1 saturated heterocycles. The third-order valence-electron chi connectivity index (χ3n) is 5.88. The maximum Gasteiger partial charge on any atom is 0.417 e. The van der Waals surface area contributed by atoms with Crippen molar-refractivity contribution in [3.8, 4) is 11.5 Å². The van der Waals surface area contributed by atoms with Crippen molar-refractivity contribution in [1.29, 1.82) is 0 Å². The van der Waals surface area contributed by atoms with Crippen molar-refractivity contribution in [2.45, 2.75) is 38.0 Å². The molecule has 32 heavy (non-hydrogen) atoms. The number of alkyl halides is 3. The van der Waals surface area contributed by atoms with Crippen LogP contribution < -0.4 is 10.5 Å². The van der Waals surface area contributed by atoms with Gasteiger partial charge in [0.05, 0.1) is 10.6 Å². The highest BCUT2D eigenvalue weighted by molar-refractivity contribution is 6.31. The number of amides is 1. The Balaban J connectivity index is 1.50. The van der Waals surface area contributed by atoms with Crippen molar-refractivity contribution < 1.29 is 22.7 Å². The number of nitrogens with zero attached hydrogens (tertiary/aromatic N) is 2. The molecule has 0 atom stereocenters. The number of carbonyl (C=O) groups excluding carboxylic acids is 1. The molecule has 1 heterocycles. The molecule has 1 amide bonds. The maximum absolute atomic E-state index is 13.1. The fraction of sp³-hybridized carbons (Fsp3) is 0.435. The van der Waals surface area contributed by atoms with E-state index in [0.717, 1.165) is 31.6 Å². The van der Waals surface area contributed by atoms with E-state index in [-0.39, 0.29) is 18.2 Å². The van der Waals surface area contributed by atoms with Gasteiger partial charge >= 0.3 is 6.18 Å². The van der Waals surface area contributed by atoms with E-state index in [2.05, 4.69) is 4.90 Å². The topological polar surface area (TPSA) is 58.8 Å². The molecule has 2 aliphatic rings. The van der Waals surface area contributed by atoms with Crippen LogP contribution in [-0.4, -0.2) is 47.9 Å². The predicted octanol–water partition coefficient (Wildman–Crippen LogP) is 4.92. The van der Waals surface area contributed by atoms with E-state index in [1.54, 1.807) is 18.2 Å². The molecule has 0 spiro atoms. The summed E-state index contributed by atoms with van der Waals surface area (Å²) in [6.45, 7) is 3.33. The van der Waals surface area contributed by atoms with Crippen LogP contribution in [0, 0.1) is 0 Å². The van der Waals surface area contributed by atoms with Crippen molar-refractivity contribution >= 4 is 17.5 Å². The van der Waals surface area contributed by atoms with Crippen LogP contribution in [0.2, 0.25) is 5.02 Å². The van der Waals surface area contributed by atoms with Crippen molar-refractivity contribution in [3.63, 3.8) is 0 Å². The van der Waals surface area contributed by atoms with Crippen LogP contribution in [0.25, 0.3) is 0 Å². The highest BCUT2D eigenvalue weighted by atomic mass is 35.5. The Morgan fingerprint density at radius 3 is 2.56 bits per heavy atom. The minimum absolute atomic E-state index is 0.0109. The zero-order valence-electron chi connectivity index (χ0n) is 17.5. The summed E-state index contributed by atoms with van der Waals surface area (Å²) in [6, 6.07) is 8.89. The zero-order valence-corrected chi connectivity index (χ0v) is 18.3. The molecule has 2 aromatic rings. The summed E-state index contributed by atoms with van der Waals surface area (Å²) in [5, 5.41) is -0.400. The molecule has 9 heteroatoms. The van der Waals surface area contributed by atoms with Gasteiger partial charge in [-0.05, 0) is 55.7 Å². The van der Waals surface area contributed by atoms with E-state index in [4.69, 9.17) is 22.1 Å². The Hall–Kier alpha value is -2.29. The first-order chi connectivity index (χ1) is 15.3. The van der Waals surface area contributed by atoms with Crippen LogP contribution in [-0.2, 0) is 12.7 Å². The van der Waals surface area contributed by atoms with Crippen molar-refractivity contribution in [2.24, 2.45) is 5.73 Å². The summed E-state index contributed by atoms with van der Waals surface area (Å²) in [7, 11) is 0. The molecule has 172 valence electrons. The lowest BCUT2D eigenvalue weighted by Crippen LogP contribution is -2.35. The minimum atomic E-state index is -4.59. The maximum atomic E-state index is 13.1. The van der Waals surface area contributed by atoms with Crippen LogP contribution in [0.3, 0.4) is 0 Å². The number of hydrogen-bond acceptors (Lipinski definition) is 4. The largest absolute Gasteiger partial charge is 0.457 e. The Morgan fingerprint density at radius 1 is 1.09 bits per heavy atom.